The van der Waals surface area contributed by atoms with Crippen LogP contribution in [0.25, 0.3) is 0 Å². The number of anilines is 1. The normalized spacial score (nSPS) is 27.1. The average Bonchev–Trinajstić information content (AvgIpc) is 2.37. The number of nitrogens with zero attached hydrogens (tertiary/aromatic N) is 1. The summed E-state index contributed by atoms with van der Waals surface area (Å²) in [6.07, 6.45) is 4.07. The molecule has 1 aromatic rings. The highest BCUT2D eigenvalue weighted by molar-refractivity contribution is 5.95. The van der Waals surface area contributed by atoms with Crippen LogP contribution < -0.4 is 10.6 Å². The third kappa shape index (κ3) is 2.98. The summed E-state index contributed by atoms with van der Waals surface area (Å²) in [7, 11) is 1.84. The molecule has 0 aliphatic heterocycles. The summed E-state index contributed by atoms with van der Waals surface area (Å²) in [4.78, 5) is 14.4. The van der Waals surface area contributed by atoms with Crippen molar-refractivity contribution >= 4 is 11.6 Å². The van der Waals surface area contributed by atoms with Crippen LogP contribution >= 0.6 is 0 Å². The third-order valence-corrected chi connectivity index (χ3v) is 4.30. The Hall–Kier alpha value is -1.35. The largest absolute Gasteiger partial charge is 0.325 e. The van der Waals surface area contributed by atoms with Crippen molar-refractivity contribution in [2.75, 3.05) is 11.9 Å². The molecule has 19 heavy (non-hydrogen) atoms. The molecule has 0 radical (unpaired) electrons. The molecule has 0 heterocycles. The number of aryl methyl sites for hydroxylation is 1. The second kappa shape index (κ2) is 5.33. The van der Waals surface area contributed by atoms with Crippen LogP contribution in [0.1, 0.15) is 38.2 Å². The Kier molecular flexibility index (Phi) is 3.95. The summed E-state index contributed by atoms with van der Waals surface area (Å²) < 4.78 is 0. The van der Waals surface area contributed by atoms with Gasteiger partial charge in [0.05, 0.1) is 5.92 Å². The van der Waals surface area contributed by atoms with Gasteiger partial charge in [-0.15, -0.1) is 0 Å². The number of rotatable bonds is 2. The maximum atomic E-state index is 12.6. The van der Waals surface area contributed by atoms with Crippen molar-refractivity contribution < 1.29 is 4.79 Å². The van der Waals surface area contributed by atoms with Gasteiger partial charge in [0, 0.05) is 18.3 Å². The van der Waals surface area contributed by atoms with Crippen LogP contribution in [0.5, 0.6) is 0 Å². The number of hydrogen-bond donors (Lipinski definition) is 1. The summed E-state index contributed by atoms with van der Waals surface area (Å²) >= 11 is 0. The Balaban J connectivity index is 2.16. The molecule has 2 unspecified atom stereocenters. The van der Waals surface area contributed by atoms with Gasteiger partial charge in [-0.3, -0.25) is 4.79 Å². The SMILES string of the molecule is Cc1ccc(N(C)C(=O)C2CCCCC2(C)N)cc1. The van der Waals surface area contributed by atoms with Gasteiger partial charge in [0.15, 0.2) is 0 Å². The summed E-state index contributed by atoms with van der Waals surface area (Å²) in [6.45, 7) is 4.06. The molecule has 1 fully saturated rings. The van der Waals surface area contributed by atoms with E-state index in [0.717, 1.165) is 31.4 Å². The van der Waals surface area contributed by atoms with Crippen molar-refractivity contribution in [2.24, 2.45) is 11.7 Å². The van der Waals surface area contributed by atoms with E-state index in [0.29, 0.717) is 0 Å². The maximum absolute atomic E-state index is 12.6. The molecule has 3 heteroatoms. The van der Waals surface area contributed by atoms with Gasteiger partial charge < -0.3 is 10.6 Å². The lowest BCUT2D eigenvalue weighted by atomic mass is 9.74. The molecule has 0 aromatic heterocycles. The zero-order valence-electron chi connectivity index (χ0n) is 12.1. The van der Waals surface area contributed by atoms with E-state index in [2.05, 4.69) is 0 Å². The predicted molar refractivity (Wildman–Crippen MR) is 79.1 cm³/mol. The van der Waals surface area contributed by atoms with Crippen LogP contribution in [0.3, 0.4) is 0 Å². The first kappa shape index (κ1) is 14.1. The average molecular weight is 260 g/mol. The zero-order valence-corrected chi connectivity index (χ0v) is 12.1. The summed E-state index contributed by atoms with van der Waals surface area (Å²) in [5.74, 6) is 0.0844. The standard InChI is InChI=1S/C16H24N2O/c1-12-7-9-13(10-8-12)18(3)15(19)14-6-4-5-11-16(14,2)17/h7-10,14H,4-6,11,17H2,1-3H3. The first-order chi connectivity index (χ1) is 8.92. The molecule has 1 aliphatic rings. The van der Waals surface area contributed by atoms with Gasteiger partial charge >= 0.3 is 0 Å². The highest BCUT2D eigenvalue weighted by Gasteiger charge is 2.39. The fourth-order valence-electron chi connectivity index (χ4n) is 2.89. The van der Waals surface area contributed by atoms with E-state index >= 15 is 0 Å². The van der Waals surface area contributed by atoms with Gasteiger partial charge in [0.25, 0.3) is 0 Å². The second-order valence-corrected chi connectivity index (χ2v) is 6.04. The van der Waals surface area contributed by atoms with E-state index in [4.69, 9.17) is 5.73 Å². The van der Waals surface area contributed by atoms with Gasteiger partial charge in [-0.05, 0) is 38.8 Å². The summed E-state index contributed by atoms with van der Waals surface area (Å²) in [5.41, 5.74) is 8.09. The summed E-state index contributed by atoms with van der Waals surface area (Å²) in [5, 5.41) is 0. The van der Waals surface area contributed by atoms with Crippen molar-refractivity contribution in [1.29, 1.82) is 0 Å². The molecule has 2 N–H and O–H groups in total. The van der Waals surface area contributed by atoms with Crippen LogP contribution in [0, 0.1) is 12.8 Å². The molecule has 0 spiro atoms. The molecule has 2 atom stereocenters. The molecule has 1 aliphatic carbocycles. The Labute approximate surface area is 115 Å². The minimum absolute atomic E-state index is 0.0625. The van der Waals surface area contributed by atoms with Crippen molar-refractivity contribution in [3.63, 3.8) is 0 Å². The van der Waals surface area contributed by atoms with Gasteiger partial charge in [0.1, 0.15) is 0 Å². The van der Waals surface area contributed by atoms with Crippen LogP contribution in [-0.2, 0) is 4.79 Å². The first-order valence-electron chi connectivity index (χ1n) is 7.05. The van der Waals surface area contributed by atoms with Crippen molar-refractivity contribution in [3.8, 4) is 0 Å². The molecule has 0 saturated heterocycles. The smallest absolute Gasteiger partial charge is 0.231 e. The van der Waals surface area contributed by atoms with E-state index in [9.17, 15) is 4.79 Å². The number of nitrogens with two attached hydrogens (primary N) is 1. The molecule has 1 aromatic carbocycles. The summed E-state index contributed by atoms with van der Waals surface area (Å²) in [6, 6.07) is 8.04. The quantitative estimate of drug-likeness (QED) is 0.888. The highest BCUT2D eigenvalue weighted by atomic mass is 16.2. The van der Waals surface area contributed by atoms with Crippen molar-refractivity contribution in [3.05, 3.63) is 29.8 Å². The van der Waals surface area contributed by atoms with Crippen molar-refractivity contribution in [1.82, 2.24) is 0 Å². The monoisotopic (exact) mass is 260 g/mol. The van der Waals surface area contributed by atoms with E-state index in [-0.39, 0.29) is 17.4 Å². The fourth-order valence-corrected chi connectivity index (χ4v) is 2.89. The van der Waals surface area contributed by atoms with Gasteiger partial charge in [0.2, 0.25) is 5.91 Å². The van der Waals surface area contributed by atoms with E-state index in [1.165, 1.54) is 5.56 Å². The maximum Gasteiger partial charge on any atom is 0.231 e. The Bertz CT molecular complexity index is 450. The van der Waals surface area contributed by atoms with Gasteiger partial charge in [-0.2, -0.15) is 0 Å². The topological polar surface area (TPSA) is 46.3 Å². The zero-order chi connectivity index (χ0) is 14.0. The lowest BCUT2D eigenvalue weighted by Crippen LogP contribution is -2.53. The second-order valence-electron chi connectivity index (χ2n) is 6.04. The Morgan fingerprint density at radius 1 is 1.32 bits per heavy atom. The molecular weight excluding hydrogens is 236 g/mol. The molecule has 1 saturated carbocycles. The number of amides is 1. The molecular formula is C16H24N2O. The van der Waals surface area contributed by atoms with Crippen molar-refractivity contribution in [2.45, 2.75) is 45.1 Å². The predicted octanol–water partition coefficient (Wildman–Crippen LogP) is 2.87. The molecule has 3 nitrogen and oxygen atoms in total. The Morgan fingerprint density at radius 2 is 1.95 bits per heavy atom. The highest BCUT2D eigenvalue weighted by Crippen LogP contribution is 2.33. The van der Waals surface area contributed by atoms with E-state index in [1.807, 2.05) is 45.2 Å². The van der Waals surface area contributed by atoms with Crippen LogP contribution in [0.15, 0.2) is 24.3 Å². The minimum atomic E-state index is -0.367. The molecule has 1 amide bonds. The Morgan fingerprint density at radius 3 is 2.53 bits per heavy atom. The van der Waals surface area contributed by atoms with E-state index < -0.39 is 0 Å². The first-order valence-corrected chi connectivity index (χ1v) is 7.05. The van der Waals surface area contributed by atoms with Gasteiger partial charge in [-0.1, -0.05) is 30.5 Å². The van der Waals surface area contributed by atoms with Crippen LogP contribution in [-0.4, -0.2) is 18.5 Å². The number of carbonyl (C=O) groups is 1. The van der Waals surface area contributed by atoms with Gasteiger partial charge in [-0.25, -0.2) is 0 Å². The number of carbonyl (C=O) groups excluding carboxylic acids is 1. The number of benzene rings is 1. The van der Waals surface area contributed by atoms with Crippen LogP contribution in [0.2, 0.25) is 0 Å². The van der Waals surface area contributed by atoms with Crippen LogP contribution in [0.4, 0.5) is 5.69 Å². The van der Waals surface area contributed by atoms with E-state index in [1.54, 1.807) is 4.90 Å². The molecule has 2 rings (SSSR count). The fraction of sp³-hybridized carbons (Fsp3) is 0.562. The lowest BCUT2D eigenvalue weighted by Gasteiger charge is -2.39. The molecule has 104 valence electrons. The minimum Gasteiger partial charge on any atom is -0.325 e. The molecule has 0 bridgehead atoms. The number of hydrogen-bond acceptors (Lipinski definition) is 2. The third-order valence-electron chi connectivity index (χ3n) is 4.30. The lowest BCUT2D eigenvalue weighted by molar-refractivity contribution is -0.125.